The average molecular weight is 328 g/mol. The van der Waals surface area contributed by atoms with E-state index in [1.54, 1.807) is 12.1 Å². The Labute approximate surface area is 141 Å². The van der Waals surface area contributed by atoms with Gasteiger partial charge in [-0.3, -0.25) is 9.69 Å². The first-order valence-corrected chi connectivity index (χ1v) is 8.21. The first kappa shape index (κ1) is 16.5. The first-order chi connectivity index (χ1) is 11.6. The lowest BCUT2D eigenvalue weighted by Crippen LogP contribution is -2.49. The van der Waals surface area contributed by atoms with Crippen LogP contribution in [0.25, 0.3) is 0 Å². The molecule has 3 rings (SSSR count). The van der Waals surface area contributed by atoms with Gasteiger partial charge in [0.1, 0.15) is 6.67 Å². The Morgan fingerprint density at radius 3 is 2.67 bits per heavy atom. The number of alkyl halides is 1. The minimum atomic E-state index is -0.699. The number of allylic oxidation sites excluding steroid dienone is 1. The van der Waals surface area contributed by atoms with Gasteiger partial charge in [0.05, 0.1) is 6.07 Å². The molecule has 0 radical (unpaired) electrons. The van der Waals surface area contributed by atoms with Crippen molar-refractivity contribution < 1.29 is 9.18 Å². The van der Waals surface area contributed by atoms with Gasteiger partial charge in [0.2, 0.25) is 5.91 Å². The average Bonchev–Trinajstić information content (AvgIpc) is 3.10. The molecule has 24 heavy (non-hydrogen) atoms. The predicted molar refractivity (Wildman–Crippen MR) is 90.3 cm³/mol. The van der Waals surface area contributed by atoms with Crippen LogP contribution in [0.2, 0.25) is 0 Å². The molecular formula is C18H21FN4O. The highest BCUT2D eigenvalue weighted by Gasteiger charge is 2.26. The Balaban J connectivity index is 1.66. The molecule has 0 spiro atoms. The van der Waals surface area contributed by atoms with Gasteiger partial charge >= 0.3 is 0 Å². The molecule has 0 bridgehead atoms. The number of anilines is 1. The van der Waals surface area contributed by atoms with Gasteiger partial charge in [-0.2, -0.15) is 5.26 Å². The lowest BCUT2D eigenvalue weighted by Gasteiger charge is -2.38. The lowest BCUT2D eigenvalue weighted by molar-refractivity contribution is 0.0998. The van der Waals surface area contributed by atoms with Gasteiger partial charge in [-0.15, -0.1) is 0 Å². The molecule has 126 valence electrons. The number of hydrogen-bond acceptors (Lipinski definition) is 4. The number of benzene rings is 1. The fourth-order valence-corrected chi connectivity index (χ4v) is 3.52. The predicted octanol–water partition coefficient (Wildman–Crippen LogP) is 1.99. The fraction of sp³-hybridized carbons (Fsp3) is 0.444. The Bertz CT molecular complexity index is 701. The van der Waals surface area contributed by atoms with Gasteiger partial charge in [-0.1, -0.05) is 6.08 Å². The molecule has 2 aliphatic rings. The van der Waals surface area contributed by atoms with Crippen molar-refractivity contribution in [1.29, 1.82) is 5.26 Å². The zero-order chi connectivity index (χ0) is 17.1. The van der Waals surface area contributed by atoms with E-state index in [1.807, 2.05) is 6.07 Å². The summed E-state index contributed by atoms with van der Waals surface area (Å²) in [4.78, 5) is 15.9. The molecule has 1 amide bonds. The summed E-state index contributed by atoms with van der Waals surface area (Å²) in [7, 11) is 0. The van der Waals surface area contributed by atoms with Gasteiger partial charge in [0, 0.05) is 49.0 Å². The van der Waals surface area contributed by atoms with Crippen LogP contribution in [0.1, 0.15) is 28.8 Å². The largest absolute Gasteiger partial charge is 0.369 e. The molecule has 1 saturated heterocycles. The zero-order valence-electron chi connectivity index (χ0n) is 13.5. The fourth-order valence-electron chi connectivity index (χ4n) is 3.52. The molecule has 6 heteroatoms. The van der Waals surface area contributed by atoms with Crippen molar-refractivity contribution in [3.05, 3.63) is 41.0 Å². The van der Waals surface area contributed by atoms with E-state index >= 15 is 0 Å². The van der Waals surface area contributed by atoms with Crippen LogP contribution >= 0.6 is 0 Å². The van der Waals surface area contributed by atoms with Crippen LogP contribution in [-0.2, 0) is 6.67 Å². The Kier molecular flexibility index (Phi) is 4.81. The third-order valence-electron chi connectivity index (χ3n) is 4.89. The van der Waals surface area contributed by atoms with Gasteiger partial charge in [0.25, 0.3) is 0 Å². The summed E-state index contributed by atoms with van der Waals surface area (Å²) in [5.74, 6) is -0.597. The normalized spacial score (nSPS) is 21.4. The molecule has 2 N–H and O–H groups in total. The summed E-state index contributed by atoms with van der Waals surface area (Å²) in [5.41, 5.74) is 7.68. The lowest BCUT2D eigenvalue weighted by atomic mass is 10.1. The highest BCUT2D eigenvalue weighted by molar-refractivity contribution is 5.94. The number of halogens is 1. The molecule has 0 aromatic heterocycles. The van der Waals surface area contributed by atoms with Crippen molar-refractivity contribution in [2.45, 2.75) is 25.6 Å². The smallest absolute Gasteiger partial charge is 0.249 e. The van der Waals surface area contributed by atoms with Crippen molar-refractivity contribution in [1.82, 2.24) is 4.90 Å². The van der Waals surface area contributed by atoms with E-state index in [9.17, 15) is 9.18 Å². The summed E-state index contributed by atoms with van der Waals surface area (Å²) < 4.78 is 13.2. The number of amides is 1. The number of carbonyl (C=O) groups is 1. The van der Waals surface area contributed by atoms with Crippen molar-refractivity contribution in [2.24, 2.45) is 5.73 Å². The number of nitrogens with zero attached hydrogens (tertiary/aromatic N) is 3. The Morgan fingerprint density at radius 1 is 1.33 bits per heavy atom. The molecule has 1 unspecified atom stereocenters. The number of nitrogens with two attached hydrogens (primary N) is 1. The van der Waals surface area contributed by atoms with Crippen LogP contribution in [0, 0.1) is 11.3 Å². The Hall–Kier alpha value is -2.39. The van der Waals surface area contributed by atoms with Crippen LogP contribution in [0.3, 0.4) is 0 Å². The SMILES string of the molecule is N#CC1=CC(N2CCN(c3ccc(C(N)=O)c(CF)c3)CC2)CC1. The maximum absolute atomic E-state index is 13.2. The standard InChI is InChI=1S/C18H21FN4O/c19-11-14-10-16(3-4-17(14)18(21)24)23-7-5-22(6-8-23)15-2-1-13(9-15)12-20/h3-4,9-10,15H,1-2,5-8,11H2,(H2,21,24). The van der Waals surface area contributed by atoms with E-state index < -0.39 is 12.6 Å². The maximum atomic E-state index is 13.2. The van der Waals surface area contributed by atoms with Gasteiger partial charge in [0.15, 0.2) is 0 Å². The molecule has 0 saturated carbocycles. The van der Waals surface area contributed by atoms with Crippen molar-refractivity contribution in [3.63, 3.8) is 0 Å². The highest BCUT2D eigenvalue weighted by atomic mass is 19.1. The molecule has 1 aromatic carbocycles. The van der Waals surface area contributed by atoms with Crippen LogP contribution < -0.4 is 10.6 Å². The minimum absolute atomic E-state index is 0.250. The minimum Gasteiger partial charge on any atom is -0.369 e. The van der Waals surface area contributed by atoms with E-state index in [2.05, 4.69) is 21.9 Å². The van der Waals surface area contributed by atoms with E-state index in [4.69, 9.17) is 11.0 Å². The second kappa shape index (κ2) is 7.02. The summed E-state index contributed by atoms with van der Waals surface area (Å²) in [5, 5.41) is 8.98. The molecule has 1 aliphatic heterocycles. The number of hydrogen-bond donors (Lipinski definition) is 1. The van der Waals surface area contributed by atoms with Crippen molar-refractivity contribution in [3.8, 4) is 6.07 Å². The third-order valence-corrected chi connectivity index (χ3v) is 4.89. The van der Waals surface area contributed by atoms with Crippen LogP contribution in [0.15, 0.2) is 29.8 Å². The molecule has 5 nitrogen and oxygen atoms in total. The molecule has 1 atom stereocenters. The van der Waals surface area contributed by atoms with Crippen molar-refractivity contribution in [2.75, 3.05) is 31.1 Å². The number of carbonyl (C=O) groups excluding carboxylic acids is 1. The van der Waals surface area contributed by atoms with Gasteiger partial charge in [-0.25, -0.2) is 4.39 Å². The quantitative estimate of drug-likeness (QED) is 0.917. The summed E-state index contributed by atoms with van der Waals surface area (Å²) >= 11 is 0. The number of rotatable bonds is 4. The zero-order valence-corrected chi connectivity index (χ0v) is 13.5. The first-order valence-electron chi connectivity index (χ1n) is 8.21. The van der Waals surface area contributed by atoms with Gasteiger partial charge in [-0.05, 0) is 36.6 Å². The monoisotopic (exact) mass is 328 g/mol. The second-order valence-electron chi connectivity index (χ2n) is 6.27. The molecule has 1 aliphatic carbocycles. The summed E-state index contributed by atoms with van der Waals surface area (Å²) in [6.45, 7) is 2.79. The van der Waals surface area contributed by atoms with Crippen LogP contribution in [-0.4, -0.2) is 43.0 Å². The van der Waals surface area contributed by atoms with E-state index in [0.29, 0.717) is 11.6 Å². The highest BCUT2D eigenvalue weighted by Crippen LogP contribution is 2.26. The maximum Gasteiger partial charge on any atom is 0.249 e. The van der Waals surface area contributed by atoms with E-state index in [-0.39, 0.29) is 5.56 Å². The second-order valence-corrected chi connectivity index (χ2v) is 6.27. The van der Waals surface area contributed by atoms with E-state index in [0.717, 1.165) is 50.3 Å². The topological polar surface area (TPSA) is 73.4 Å². The summed E-state index contributed by atoms with van der Waals surface area (Å²) in [6, 6.07) is 7.77. The van der Waals surface area contributed by atoms with Crippen molar-refractivity contribution >= 4 is 11.6 Å². The number of piperazine rings is 1. The Morgan fingerprint density at radius 2 is 2.08 bits per heavy atom. The summed E-state index contributed by atoms with van der Waals surface area (Å²) in [6.07, 6.45) is 3.97. The molecule has 1 fully saturated rings. The van der Waals surface area contributed by atoms with Crippen LogP contribution in [0.5, 0.6) is 0 Å². The number of nitriles is 1. The van der Waals surface area contributed by atoms with Crippen LogP contribution in [0.4, 0.5) is 10.1 Å². The van der Waals surface area contributed by atoms with Gasteiger partial charge < -0.3 is 10.6 Å². The molecule has 1 aromatic rings. The number of primary amides is 1. The third kappa shape index (κ3) is 3.26. The van der Waals surface area contributed by atoms with E-state index in [1.165, 1.54) is 0 Å². The molecular weight excluding hydrogens is 307 g/mol. The molecule has 1 heterocycles.